The maximum Gasteiger partial charge on any atom is 0.133 e. The molecule has 1 nitrogen and oxygen atoms in total. The molecule has 0 aromatic rings. The van der Waals surface area contributed by atoms with Crippen molar-refractivity contribution in [2.75, 3.05) is 13.1 Å². The summed E-state index contributed by atoms with van der Waals surface area (Å²) >= 11 is 8.82. The first-order valence-corrected chi connectivity index (χ1v) is 3.55. The third kappa shape index (κ3) is 5.67. The normalized spacial score (nSPS) is 7.89. The van der Waals surface area contributed by atoms with Gasteiger partial charge in [0, 0.05) is 42.6 Å². The van der Waals surface area contributed by atoms with E-state index in [1.54, 1.807) is 0 Å². The standard InChI is InChI=1S/C5H11NS2.Na/c1-3-6(4-2)5(7)8;/h3-4H2,1-2H3,(H,7,8);. The van der Waals surface area contributed by atoms with Crippen LogP contribution in [-0.4, -0.2) is 51.9 Å². The van der Waals surface area contributed by atoms with E-state index in [1.807, 2.05) is 4.90 Å². The van der Waals surface area contributed by atoms with Crippen molar-refractivity contribution in [3.05, 3.63) is 0 Å². The van der Waals surface area contributed by atoms with Gasteiger partial charge in [-0.25, -0.2) is 0 Å². The number of rotatable bonds is 2. The number of hydrogen-bond acceptors (Lipinski definition) is 1. The second-order valence-electron chi connectivity index (χ2n) is 1.45. The zero-order valence-corrected chi connectivity index (χ0v) is 9.93. The number of nitrogens with zero attached hydrogens (tertiary/aromatic N) is 1. The summed E-state index contributed by atoms with van der Waals surface area (Å²) in [5, 5.41) is 0. The number of thiol groups is 1. The van der Waals surface area contributed by atoms with Crippen molar-refractivity contribution >= 4 is 58.7 Å². The molecule has 0 saturated carbocycles. The van der Waals surface area contributed by atoms with E-state index in [0.29, 0.717) is 4.32 Å². The quantitative estimate of drug-likeness (QED) is 0.378. The Morgan fingerprint density at radius 2 is 1.78 bits per heavy atom. The summed E-state index contributed by atoms with van der Waals surface area (Å²) in [5.74, 6) is 0. The molecule has 49 valence electrons. The van der Waals surface area contributed by atoms with Gasteiger partial charge in [0.2, 0.25) is 0 Å². The Morgan fingerprint density at radius 3 is 1.78 bits per heavy atom. The summed E-state index contributed by atoms with van der Waals surface area (Å²) in [4.78, 5) is 2.01. The van der Waals surface area contributed by atoms with E-state index >= 15 is 0 Å². The van der Waals surface area contributed by atoms with Crippen molar-refractivity contribution in [2.45, 2.75) is 13.8 Å². The maximum absolute atomic E-state index is 4.81. The van der Waals surface area contributed by atoms with Crippen molar-refractivity contribution < 1.29 is 0 Å². The summed E-state index contributed by atoms with van der Waals surface area (Å²) in [7, 11) is 0. The molecule has 1 radical (unpaired) electrons. The molecule has 0 aliphatic rings. The average molecular weight is 172 g/mol. The van der Waals surface area contributed by atoms with Crippen LogP contribution < -0.4 is 0 Å². The fraction of sp³-hybridized carbons (Fsp3) is 0.800. The van der Waals surface area contributed by atoms with Crippen LogP contribution in [-0.2, 0) is 0 Å². The molecule has 0 aromatic heterocycles. The fourth-order valence-corrected chi connectivity index (χ4v) is 1.04. The second kappa shape index (κ2) is 7.35. The summed E-state index contributed by atoms with van der Waals surface area (Å²) in [6.45, 7) is 6.04. The van der Waals surface area contributed by atoms with Gasteiger partial charge in [-0.15, -0.1) is 12.6 Å². The first-order chi connectivity index (χ1) is 3.72. The van der Waals surface area contributed by atoms with Crippen LogP contribution >= 0.6 is 24.8 Å². The Kier molecular flexibility index (Phi) is 10.5. The van der Waals surface area contributed by atoms with Gasteiger partial charge in [0.05, 0.1) is 0 Å². The molecule has 0 rings (SSSR count). The molecule has 4 heteroatoms. The summed E-state index contributed by atoms with van der Waals surface area (Å²) in [5.41, 5.74) is 0. The molecule has 0 heterocycles. The van der Waals surface area contributed by atoms with E-state index in [4.69, 9.17) is 12.2 Å². The van der Waals surface area contributed by atoms with E-state index in [0.717, 1.165) is 13.1 Å². The van der Waals surface area contributed by atoms with Crippen LogP contribution in [0.15, 0.2) is 0 Å². The van der Waals surface area contributed by atoms with Crippen LogP contribution in [0.4, 0.5) is 0 Å². The molecule has 0 unspecified atom stereocenters. The molecular weight excluding hydrogens is 161 g/mol. The molecule has 0 saturated heterocycles. The molecule has 0 fully saturated rings. The molecule has 0 bridgehead atoms. The molecule has 0 atom stereocenters. The summed E-state index contributed by atoms with van der Waals surface area (Å²) in [6, 6.07) is 0. The van der Waals surface area contributed by atoms with E-state index in [-0.39, 0.29) is 29.6 Å². The van der Waals surface area contributed by atoms with Crippen LogP contribution in [0.3, 0.4) is 0 Å². The minimum absolute atomic E-state index is 0. The number of hydrogen-bond donors (Lipinski definition) is 1. The first kappa shape index (κ1) is 12.9. The maximum atomic E-state index is 4.81. The summed E-state index contributed by atoms with van der Waals surface area (Å²) in [6.07, 6.45) is 0. The second-order valence-corrected chi connectivity index (χ2v) is 2.57. The fourth-order valence-electron chi connectivity index (χ4n) is 0.494. The Hall–Kier alpha value is 1.24. The predicted molar refractivity (Wildman–Crippen MR) is 50.3 cm³/mol. The summed E-state index contributed by atoms with van der Waals surface area (Å²) < 4.78 is 0.690. The molecule has 0 amide bonds. The van der Waals surface area contributed by atoms with Crippen molar-refractivity contribution in [3.63, 3.8) is 0 Å². The first-order valence-electron chi connectivity index (χ1n) is 2.70. The number of thiocarbonyl (C=S) groups is 1. The molecule has 0 aliphatic carbocycles. The predicted octanol–water partition coefficient (Wildman–Crippen LogP) is 1.16. The smallest absolute Gasteiger partial charge is 0.133 e. The third-order valence-corrected chi connectivity index (χ3v) is 1.58. The largest absolute Gasteiger partial charge is 0.358 e. The molecule has 0 N–H and O–H groups in total. The van der Waals surface area contributed by atoms with Gasteiger partial charge in [0.25, 0.3) is 0 Å². The molecule has 0 aliphatic heterocycles. The van der Waals surface area contributed by atoms with Crippen molar-refractivity contribution in [3.8, 4) is 0 Å². The molecule has 9 heavy (non-hydrogen) atoms. The van der Waals surface area contributed by atoms with Crippen molar-refractivity contribution in [1.82, 2.24) is 4.90 Å². The van der Waals surface area contributed by atoms with Crippen molar-refractivity contribution in [1.29, 1.82) is 0 Å². The molecule has 0 aromatic carbocycles. The topological polar surface area (TPSA) is 3.24 Å². The monoisotopic (exact) mass is 172 g/mol. The average Bonchev–Trinajstić information content (AvgIpc) is 1.69. The van der Waals surface area contributed by atoms with E-state index < -0.39 is 0 Å². The SMILES string of the molecule is CCN(CC)C(=S)S.[Na]. The van der Waals surface area contributed by atoms with Gasteiger partial charge in [-0.2, -0.15) is 0 Å². The molecular formula is C5H11NNaS2. The Labute approximate surface area is 89.9 Å². The van der Waals surface area contributed by atoms with Crippen LogP contribution in [0.1, 0.15) is 13.8 Å². The Bertz CT molecular complexity index is 83.0. The van der Waals surface area contributed by atoms with Gasteiger partial charge in [0.15, 0.2) is 0 Å². The van der Waals surface area contributed by atoms with Crippen LogP contribution in [0.25, 0.3) is 0 Å². The van der Waals surface area contributed by atoms with E-state index in [9.17, 15) is 0 Å². The molecule has 0 spiro atoms. The van der Waals surface area contributed by atoms with Crippen LogP contribution in [0.5, 0.6) is 0 Å². The van der Waals surface area contributed by atoms with Gasteiger partial charge in [0.1, 0.15) is 4.32 Å². The van der Waals surface area contributed by atoms with E-state index in [1.165, 1.54) is 0 Å². The third-order valence-electron chi connectivity index (χ3n) is 1.03. The van der Waals surface area contributed by atoms with Gasteiger partial charge in [-0.1, -0.05) is 12.2 Å². The van der Waals surface area contributed by atoms with Gasteiger partial charge >= 0.3 is 0 Å². The van der Waals surface area contributed by atoms with Crippen molar-refractivity contribution in [2.24, 2.45) is 0 Å². The minimum atomic E-state index is 0. The van der Waals surface area contributed by atoms with Crippen LogP contribution in [0, 0.1) is 0 Å². The Balaban J connectivity index is 0. The van der Waals surface area contributed by atoms with E-state index in [2.05, 4.69) is 26.5 Å². The zero-order chi connectivity index (χ0) is 6.57. The van der Waals surface area contributed by atoms with Crippen LogP contribution in [0.2, 0.25) is 0 Å². The van der Waals surface area contributed by atoms with Gasteiger partial charge < -0.3 is 4.90 Å². The van der Waals surface area contributed by atoms with Gasteiger partial charge in [-0.05, 0) is 13.8 Å². The minimum Gasteiger partial charge on any atom is -0.358 e. The zero-order valence-electron chi connectivity index (χ0n) is 6.22. The Morgan fingerprint density at radius 1 is 1.44 bits per heavy atom. The van der Waals surface area contributed by atoms with Gasteiger partial charge in [-0.3, -0.25) is 0 Å².